The van der Waals surface area contributed by atoms with E-state index in [9.17, 15) is 18.0 Å². The van der Waals surface area contributed by atoms with E-state index in [2.05, 4.69) is 9.89 Å². The minimum Gasteiger partial charge on any atom is -0.367 e. The largest absolute Gasteiger partial charge is 0.416 e. The molecule has 0 amide bonds. The summed E-state index contributed by atoms with van der Waals surface area (Å²) in [6, 6.07) is 3.26. The highest BCUT2D eigenvalue weighted by atomic mass is 19.4. The maximum atomic E-state index is 12.7. The van der Waals surface area contributed by atoms with Gasteiger partial charge >= 0.3 is 6.18 Å². The number of piperazine rings is 1. The number of carbonyl (C=O) groups excluding carboxylic acids is 1. The second kappa shape index (κ2) is 5.64. The van der Waals surface area contributed by atoms with Crippen molar-refractivity contribution in [3.8, 4) is 0 Å². The van der Waals surface area contributed by atoms with Crippen molar-refractivity contribution in [2.45, 2.75) is 6.18 Å². The maximum Gasteiger partial charge on any atom is 0.416 e. The molecule has 0 unspecified atom stereocenters. The second-order valence-electron chi connectivity index (χ2n) is 4.69. The van der Waals surface area contributed by atoms with E-state index < -0.39 is 11.7 Å². The van der Waals surface area contributed by atoms with Gasteiger partial charge in [-0.15, -0.1) is 0 Å². The second-order valence-corrected chi connectivity index (χ2v) is 4.69. The molecule has 0 aromatic heterocycles. The number of halogens is 3. The first-order chi connectivity index (χ1) is 9.41. The molecule has 1 aromatic carbocycles. The van der Waals surface area contributed by atoms with Crippen molar-refractivity contribution < 1.29 is 18.0 Å². The fraction of sp³-hybridized carbons (Fsp3) is 0.462. The van der Waals surface area contributed by atoms with Gasteiger partial charge in [-0.2, -0.15) is 18.2 Å². The molecule has 0 bridgehead atoms. The Hall–Kier alpha value is -1.85. The lowest BCUT2D eigenvalue weighted by Gasteiger charge is -2.34. The molecule has 1 fully saturated rings. The van der Waals surface area contributed by atoms with Crippen LogP contribution in [0, 0.1) is 0 Å². The molecule has 20 heavy (non-hydrogen) atoms. The number of isocyanates is 1. The van der Waals surface area contributed by atoms with Gasteiger partial charge in [0.25, 0.3) is 0 Å². The molecule has 7 heteroatoms. The van der Waals surface area contributed by atoms with E-state index in [-0.39, 0.29) is 5.69 Å². The molecular formula is C13H14F3N3O. The SMILES string of the molecule is CN1CCN(c2ccc(C(F)(F)F)cc2N=C=O)CC1. The molecule has 0 spiro atoms. The molecule has 4 nitrogen and oxygen atoms in total. The Morgan fingerprint density at radius 1 is 1.20 bits per heavy atom. The molecule has 0 radical (unpaired) electrons. The van der Waals surface area contributed by atoms with Crippen LogP contribution in [-0.2, 0) is 11.0 Å². The number of rotatable bonds is 2. The molecule has 1 heterocycles. The zero-order chi connectivity index (χ0) is 14.8. The first-order valence-corrected chi connectivity index (χ1v) is 6.14. The van der Waals surface area contributed by atoms with Crippen molar-refractivity contribution in [3.63, 3.8) is 0 Å². The lowest BCUT2D eigenvalue weighted by molar-refractivity contribution is -0.137. The van der Waals surface area contributed by atoms with Crippen LogP contribution < -0.4 is 4.90 Å². The highest BCUT2D eigenvalue weighted by Crippen LogP contribution is 2.36. The summed E-state index contributed by atoms with van der Waals surface area (Å²) in [4.78, 5) is 17.9. The van der Waals surface area contributed by atoms with Gasteiger partial charge in [0.05, 0.1) is 11.3 Å². The fourth-order valence-corrected chi connectivity index (χ4v) is 2.15. The third-order valence-electron chi connectivity index (χ3n) is 3.31. The summed E-state index contributed by atoms with van der Waals surface area (Å²) in [6.45, 7) is 2.99. The summed E-state index contributed by atoms with van der Waals surface area (Å²) in [6.07, 6.45) is -3.13. The van der Waals surface area contributed by atoms with E-state index >= 15 is 0 Å². The third kappa shape index (κ3) is 3.18. The number of likely N-dealkylation sites (N-methyl/N-ethyl adjacent to an activating group) is 1. The van der Waals surface area contributed by atoms with Gasteiger partial charge in [0.15, 0.2) is 0 Å². The molecule has 0 saturated carbocycles. The number of aliphatic imine (C=N–C) groups is 1. The predicted molar refractivity (Wildman–Crippen MR) is 68.9 cm³/mol. The van der Waals surface area contributed by atoms with Gasteiger partial charge in [0.1, 0.15) is 5.69 Å². The van der Waals surface area contributed by atoms with Crippen molar-refractivity contribution in [1.29, 1.82) is 0 Å². The maximum absolute atomic E-state index is 12.7. The van der Waals surface area contributed by atoms with E-state index in [1.54, 1.807) is 0 Å². The summed E-state index contributed by atoms with van der Waals surface area (Å²) >= 11 is 0. The van der Waals surface area contributed by atoms with Crippen LogP contribution in [-0.4, -0.2) is 44.2 Å². The monoisotopic (exact) mass is 285 g/mol. The summed E-state index contributed by atoms with van der Waals surface area (Å²) in [5, 5.41) is 0. The van der Waals surface area contributed by atoms with E-state index in [1.807, 2.05) is 11.9 Å². The lowest BCUT2D eigenvalue weighted by atomic mass is 10.1. The van der Waals surface area contributed by atoms with Crippen LogP contribution in [0.5, 0.6) is 0 Å². The van der Waals surface area contributed by atoms with Gasteiger partial charge in [-0.3, -0.25) is 0 Å². The van der Waals surface area contributed by atoms with Crippen molar-refractivity contribution >= 4 is 17.5 Å². The van der Waals surface area contributed by atoms with Crippen LogP contribution in [0.1, 0.15) is 5.56 Å². The number of alkyl halides is 3. The molecule has 108 valence electrons. The molecule has 1 aromatic rings. The fourth-order valence-electron chi connectivity index (χ4n) is 2.15. The van der Waals surface area contributed by atoms with Crippen molar-refractivity contribution in [3.05, 3.63) is 23.8 Å². The number of benzene rings is 1. The Balaban J connectivity index is 2.35. The molecule has 0 aliphatic carbocycles. The van der Waals surface area contributed by atoms with E-state index in [0.29, 0.717) is 18.8 Å². The predicted octanol–water partition coefficient (Wildman–Crippen LogP) is 2.42. The van der Waals surface area contributed by atoms with Gasteiger partial charge in [-0.1, -0.05) is 0 Å². The van der Waals surface area contributed by atoms with Gasteiger partial charge in [0.2, 0.25) is 6.08 Å². The first-order valence-electron chi connectivity index (χ1n) is 6.14. The smallest absolute Gasteiger partial charge is 0.367 e. The standard InChI is InChI=1S/C13H14F3N3O/c1-18-4-6-19(7-5-18)12-3-2-10(13(14,15)16)8-11(12)17-9-20/h2-3,8H,4-7H2,1H3. The number of hydrogen-bond acceptors (Lipinski definition) is 4. The van der Waals surface area contributed by atoms with Crippen LogP contribution in [0.2, 0.25) is 0 Å². The Labute approximate surface area is 114 Å². The Morgan fingerprint density at radius 2 is 1.85 bits per heavy atom. The van der Waals surface area contributed by atoms with E-state index in [4.69, 9.17) is 0 Å². The van der Waals surface area contributed by atoms with Gasteiger partial charge in [-0.25, -0.2) is 4.79 Å². The molecule has 0 atom stereocenters. The van der Waals surface area contributed by atoms with Crippen LogP contribution >= 0.6 is 0 Å². The Morgan fingerprint density at radius 3 is 2.40 bits per heavy atom. The summed E-state index contributed by atoms with van der Waals surface area (Å²) < 4.78 is 38.0. The molecule has 2 rings (SSSR count). The summed E-state index contributed by atoms with van der Waals surface area (Å²) in [5.41, 5.74) is -0.266. The minimum absolute atomic E-state index is 0.0133. The topological polar surface area (TPSA) is 35.9 Å². The number of anilines is 1. The molecule has 0 N–H and O–H groups in total. The number of hydrogen-bond donors (Lipinski definition) is 0. The average Bonchev–Trinajstić information content (AvgIpc) is 2.39. The van der Waals surface area contributed by atoms with Crippen molar-refractivity contribution in [2.24, 2.45) is 4.99 Å². The van der Waals surface area contributed by atoms with Gasteiger partial charge in [-0.05, 0) is 25.2 Å². The Kier molecular flexibility index (Phi) is 4.11. The third-order valence-corrected chi connectivity index (χ3v) is 3.31. The summed E-state index contributed by atoms with van der Waals surface area (Å²) in [5.74, 6) is 0. The minimum atomic E-state index is -4.45. The normalized spacial score (nSPS) is 16.9. The van der Waals surface area contributed by atoms with Crippen molar-refractivity contribution in [1.82, 2.24) is 4.90 Å². The zero-order valence-corrected chi connectivity index (χ0v) is 10.9. The zero-order valence-electron chi connectivity index (χ0n) is 10.9. The van der Waals surface area contributed by atoms with E-state index in [1.165, 1.54) is 12.1 Å². The Bertz CT molecular complexity index is 530. The molecule has 1 saturated heterocycles. The molecular weight excluding hydrogens is 271 g/mol. The van der Waals surface area contributed by atoms with Crippen LogP contribution in [0.3, 0.4) is 0 Å². The van der Waals surface area contributed by atoms with Gasteiger partial charge in [0, 0.05) is 26.2 Å². The van der Waals surface area contributed by atoms with Crippen molar-refractivity contribution in [2.75, 3.05) is 38.1 Å². The highest BCUT2D eigenvalue weighted by Gasteiger charge is 2.31. The average molecular weight is 285 g/mol. The lowest BCUT2D eigenvalue weighted by Crippen LogP contribution is -2.44. The van der Waals surface area contributed by atoms with Crippen LogP contribution in [0.25, 0.3) is 0 Å². The quantitative estimate of drug-likeness (QED) is 0.618. The molecule has 1 aliphatic heterocycles. The van der Waals surface area contributed by atoms with Gasteiger partial charge < -0.3 is 9.80 Å². The first kappa shape index (κ1) is 14.6. The van der Waals surface area contributed by atoms with E-state index in [0.717, 1.165) is 25.2 Å². The van der Waals surface area contributed by atoms with Crippen LogP contribution in [0.15, 0.2) is 23.2 Å². The molecule has 1 aliphatic rings. The van der Waals surface area contributed by atoms with Crippen LogP contribution in [0.4, 0.5) is 24.5 Å². The summed E-state index contributed by atoms with van der Waals surface area (Å²) in [7, 11) is 1.98. The number of nitrogens with zero attached hydrogens (tertiary/aromatic N) is 3. The highest BCUT2D eigenvalue weighted by molar-refractivity contribution is 5.71.